The van der Waals surface area contributed by atoms with Crippen LogP contribution in [0.5, 0.6) is 0 Å². The van der Waals surface area contributed by atoms with Gasteiger partial charge in [-0.25, -0.2) is 12.8 Å². The molecule has 1 aromatic carbocycles. The van der Waals surface area contributed by atoms with Gasteiger partial charge in [0.1, 0.15) is 10.7 Å². The molecule has 0 N–H and O–H groups in total. The predicted octanol–water partition coefficient (Wildman–Crippen LogP) is 1.72. The van der Waals surface area contributed by atoms with Crippen LogP contribution in [0.4, 0.5) is 4.39 Å². The van der Waals surface area contributed by atoms with E-state index in [0.29, 0.717) is 13.1 Å². The highest BCUT2D eigenvalue weighted by atomic mass is 35.5. The monoisotopic (exact) mass is 346 g/mol. The molecule has 0 radical (unpaired) electrons. The Morgan fingerprint density at radius 3 is 2.36 bits per heavy atom. The molecule has 0 unspecified atom stereocenters. The Bertz CT molecular complexity index is 698. The Hall–Kier alpha value is -1.18. The van der Waals surface area contributed by atoms with E-state index in [2.05, 4.69) is 0 Å². The third-order valence-electron chi connectivity index (χ3n) is 3.99. The zero-order chi connectivity index (χ0) is 15.9. The SMILES string of the molecule is O=C(C1CC1)N1CCN(S(=O)(=O)c2ccc(Cl)cc2F)CC1. The van der Waals surface area contributed by atoms with Crippen LogP contribution in [0.3, 0.4) is 0 Å². The van der Waals surface area contributed by atoms with Crippen LogP contribution in [0.25, 0.3) is 0 Å². The van der Waals surface area contributed by atoms with Gasteiger partial charge < -0.3 is 4.90 Å². The molecule has 5 nitrogen and oxygen atoms in total. The van der Waals surface area contributed by atoms with Crippen molar-refractivity contribution in [2.45, 2.75) is 17.7 Å². The number of carbonyl (C=O) groups excluding carboxylic acids is 1. The molecule has 0 spiro atoms. The minimum atomic E-state index is -3.90. The fourth-order valence-electron chi connectivity index (χ4n) is 2.56. The van der Waals surface area contributed by atoms with Gasteiger partial charge in [-0.2, -0.15) is 4.31 Å². The number of piperazine rings is 1. The van der Waals surface area contributed by atoms with Crippen molar-refractivity contribution < 1.29 is 17.6 Å². The zero-order valence-corrected chi connectivity index (χ0v) is 13.4. The lowest BCUT2D eigenvalue weighted by Gasteiger charge is -2.34. The van der Waals surface area contributed by atoms with E-state index in [1.165, 1.54) is 16.4 Å². The number of sulfonamides is 1. The summed E-state index contributed by atoms with van der Waals surface area (Å²) in [5.74, 6) is -0.629. The highest BCUT2D eigenvalue weighted by Crippen LogP contribution is 2.31. The Morgan fingerprint density at radius 2 is 1.82 bits per heavy atom. The smallest absolute Gasteiger partial charge is 0.246 e. The lowest BCUT2D eigenvalue weighted by atomic mass is 10.3. The second-order valence-corrected chi connectivity index (χ2v) is 7.92. The minimum Gasteiger partial charge on any atom is -0.340 e. The average Bonchev–Trinajstić information content (AvgIpc) is 3.31. The first kappa shape index (κ1) is 15.7. The molecule has 0 bridgehead atoms. The van der Waals surface area contributed by atoms with Crippen molar-refractivity contribution in [3.8, 4) is 0 Å². The van der Waals surface area contributed by atoms with Crippen molar-refractivity contribution >= 4 is 27.5 Å². The molecule has 0 aromatic heterocycles. The molecule has 1 aliphatic carbocycles. The second-order valence-electron chi connectivity index (χ2n) is 5.58. The van der Waals surface area contributed by atoms with Crippen molar-refractivity contribution in [3.05, 3.63) is 29.0 Å². The lowest BCUT2D eigenvalue weighted by Crippen LogP contribution is -2.51. The summed E-state index contributed by atoms with van der Waals surface area (Å²) in [7, 11) is -3.90. The van der Waals surface area contributed by atoms with Gasteiger partial charge in [-0.15, -0.1) is 0 Å². The van der Waals surface area contributed by atoms with Crippen LogP contribution in [0.15, 0.2) is 23.1 Å². The second kappa shape index (κ2) is 5.79. The predicted molar refractivity (Wildman–Crippen MR) is 79.5 cm³/mol. The van der Waals surface area contributed by atoms with Crippen molar-refractivity contribution in [2.75, 3.05) is 26.2 Å². The summed E-state index contributed by atoms with van der Waals surface area (Å²) in [6.07, 6.45) is 1.85. The number of rotatable bonds is 3. The summed E-state index contributed by atoms with van der Waals surface area (Å²) < 4.78 is 40.0. The lowest BCUT2D eigenvalue weighted by molar-refractivity contribution is -0.133. The Labute approximate surface area is 133 Å². The van der Waals surface area contributed by atoms with Gasteiger partial charge in [0, 0.05) is 37.1 Å². The summed E-state index contributed by atoms with van der Waals surface area (Å²) in [5, 5.41) is 0.149. The maximum atomic E-state index is 13.9. The molecular formula is C14H16ClFN2O3S. The van der Waals surface area contributed by atoms with Crippen LogP contribution < -0.4 is 0 Å². The number of nitrogens with zero attached hydrogens (tertiary/aromatic N) is 2. The van der Waals surface area contributed by atoms with Crippen LogP contribution in [-0.4, -0.2) is 49.7 Å². The molecule has 1 aromatic rings. The van der Waals surface area contributed by atoms with Gasteiger partial charge in [-0.05, 0) is 31.0 Å². The normalized spacial score (nSPS) is 20.2. The standard InChI is InChI=1S/C14H16ClFN2O3S/c15-11-3-4-13(12(16)9-11)22(20,21)18-7-5-17(6-8-18)14(19)10-1-2-10/h3-4,9-10H,1-2,5-8H2. The number of halogens is 2. The first-order valence-corrected chi connectivity index (χ1v) is 8.95. The van der Waals surface area contributed by atoms with E-state index in [-0.39, 0.29) is 34.8 Å². The molecule has 8 heteroatoms. The van der Waals surface area contributed by atoms with Gasteiger partial charge in [0.15, 0.2) is 0 Å². The van der Waals surface area contributed by atoms with Crippen molar-refractivity contribution in [1.82, 2.24) is 9.21 Å². The largest absolute Gasteiger partial charge is 0.340 e. The summed E-state index contributed by atoms with van der Waals surface area (Å²) >= 11 is 5.65. The molecule has 1 aliphatic heterocycles. The third kappa shape index (κ3) is 2.98. The van der Waals surface area contributed by atoms with E-state index in [9.17, 15) is 17.6 Å². The van der Waals surface area contributed by atoms with Gasteiger partial charge in [0.05, 0.1) is 0 Å². The van der Waals surface area contributed by atoms with Gasteiger partial charge in [-0.1, -0.05) is 11.6 Å². The van der Waals surface area contributed by atoms with E-state index in [4.69, 9.17) is 11.6 Å². The van der Waals surface area contributed by atoms with Crippen molar-refractivity contribution in [3.63, 3.8) is 0 Å². The van der Waals surface area contributed by atoms with Crippen LogP contribution in [0, 0.1) is 11.7 Å². The summed E-state index contributed by atoms with van der Waals surface area (Å²) in [6, 6.07) is 3.51. The molecular weight excluding hydrogens is 331 g/mol. The maximum absolute atomic E-state index is 13.9. The highest BCUT2D eigenvalue weighted by Gasteiger charge is 2.37. The van der Waals surface area contributed by atoms with Crippen LogP contribution in [0.1, 0.15) is 12.8 Å². The molecule has 1 heterocycles. The fraction of sp³-hybridized carbons (Fsp3) is 0.500. The maximum Gasteiger partial charge on any atom is 0.246 e. The van der Waals surface area contributed by atoms with E-state index in [0.717, 1.165) is 18.9 Å². The van der Waals surface area contributed by atoms with E-state index in [1.807, 2.05) is 0 Å². The van der Waals surface area contributed by atoms with E-state index in [1.54, 1.807) is 4.90 Å². The van der Waals surface area contributed by atoms with Crippen LogP contribution >= 0.6 is 11.6 Å². The number of amides is 1. The van der Waals surface area contributed by atoms with Gasteiger partial charge >= 0.3 is 0 Å². The highest BCUT2D eigenvalue weighted by molar-refractivity contribution is 7.89. The minimum absolute atomic E-state index is 0.106. The fourth-order valence-corrected chi connectivity index (χ4v) is 4.19. The zero-order valence-electron chi connectivity index (χ0n) is 11.8. The molecule has 2 fully saturated rings. The number of benzene rings is 1. The summed E-state index contributed by atoms with van der Waals surface area (Å²) in [4.78, 5) is 13.3. The Morgan fingerprint density at radius 1 is 1.18 bits per heavy atom. The van der Waals surface area contributed by atoms with E-state index < -0.39 is 15.8 Å². The van der Waals surface area contributed by atoms with Crippen molar-refractivity contribution in [1.29, 1.82) is 0 Å². The number of carbonyl (C=O) groups is 1. The van der Waals surface area contributed by atoms with Gasteiger partial charge in [0.2, 0.25) is 15.9 Å². The first-order chi connectivity index (χ1) is 10.4. The average molecular weight is 347 g/mol. The molecule has 0 atom stereocenters. The number of hydrogen-bond donors (Lipinski definition) is 0. The molecule has 120 valence electrons. The first-order valence-electron chi connectivity index (χ1n) is 7.13. The van der Waals surface area contributed by atoms with Crippen molar-refractivity contribution in [2.24, 2.45) is 5.92 Å². The van der Waals surface area contributed by atoms with Gasteiger partial charge in [0.25, 0.3) is 0 Å². The molecule has 1 saturated heterocycles. The summed E-state index contributed by atoms with van der Waals surface area (Å²) in [5.41, 5.74) is 0. The number of hydrogen-bond acceptors (Lipinski definition) is 3. The van der Waals surface area contributed by atoms with Crippen LogP contribution in [0.2, 0.25) is 5.02 Å². The Balaban J connectivity index is 1.72. The Kier molecular flexibility index (Phi) is 4.13. The molecule has 1 saturated carbocycles. The van der Waals surface area contributed by atoms with Gasteiger partial charge in [-0.3, -0.25) is 4.79 Å². The molecule has 3 rings (SSSR count). The van der Waals surface area contributed by atoms with E-state index >= 15 is 0 Å². The third-order valence-corrected chi connectivity index (χ3v) is 6.16. The van der Waals surface area contributed by atoms with Crippen LogP contribution in [-0.2, 0) is 14.8 Å². The molecule has 22 heavy (non-hydrogen) atoms. The molecule has 2 aliphatic rings. The molecule has 1 amide bonds. The quantitative estimate of drug-likeness (QED) is 0.837. The summed E-state index contributed by atoms with van der Waals surface area (Å²) in [6.45, 7) is 1.07. The topological polar surface area (TPSA) is 57.7 Å².